The summed E-state index contributed by atoms with van der Waals surface area (Å²) < 4.78 is 6.09. The fourth-order valence-corrected chi connectivity index (χ4v) is 4.04. The summed E-state index contributed by atoms with van der Waals surface area (Å²) in [4.78, 5) is 9.97. The van der Waals surface area contributed by atoms with Crippen molar-refractivity contribution in [2.75, 3.05) is 0 Å². The fourth-order valence-electron chi connectivity index (χ4n) is 4.04. The molecule has 0 atom stereocenters. The Labute approximate surface area is 179 Å². The van der Waals surface area contributed by atoms with E-state index < -0.39 is 0 Å². The summed E-state index contributed by atoms with van der Waals surface area (Å²) in [6.07, 6.45) is 0. The van der Waals surface area contributed by atoms with Crippen LogP contribution in [-0.4, -0.2) is 9.97 Å². The molecular formula is C28H18N2O. The van der Waals surface area contributed by atoms with Crippen molar-refractivity contribution in [3.05, 3.63) is 109 Å². The van der Waals surface area contributed by atoms with Crippen molar-refractivity contribution in [3.63, 3.8) is 0 Å². The van der Waals surface area contributed by atoms with Gasteiger partial charge in [-0.05, 0) is 18.2 Å². The molecule has 0 unspecified atom stereocenters. The van der Waals surface area contributed by atoms with Crippen LogP contribution in [0, 0.1) is 0 Å². The molecule has 3 heteroatoms. The lowest BCUT2D eigenvalue weighted by molar-refractivity contribution is 0.669. The van der Waals surface area contributed by atoms with Gasteiger partial charge in [0.1, 0.15) is 11.2 Å². The van der Waals surface area contributed by atoms with Gasteiger partial charge in [0, 0.05) is 27.5 Å². The topological polar surface area (TPSA) is 38.9 Å². The molecule has 6 aromatic rings. The largest absolute Gasteiger partial charge is 0.456 e. The monoisotopic (exact) mass is 398 g/mol. The van der Waals surface area contributed by atoms with Crippen LogP contribution in [-0.2, 0) is 0 Å². The molecule has 0 fully saturated rings. The van der Waals surface area contributed by atoms with Gasteiger partial charge in [0.15, 0.2) is 5.82 Å². The first-order chi connectivity index (χ1) is 15.4. The van der Waals surface area contributed by atoms with Crippen LogP contribution >= 0.6 is 0 Å². The third kappa shape index (κ3) is 3.08. The van der Waals surface area contributed by atoms with Gasteiger partial charge < -0.3 is 4.42 Å². The minimum Gasteiger partial charge on any atom is -0.456 e. The van der Waals surface area contributed by atoms with E-state index in [-0.39, 0.29) is 0 Å². The zero-order chi connectivity index (χ0) is 20.6. The van der Waals surface area contributed by atoms with Crippen LogP contribution in [0.2, 0.25) is 0 Å². The highest BCUT2D eigenvalue weighted by molar-refractivity contribution is 6.11. The van der Waals surface area contributed by atoms with Gasteiger partial charge in [-0.3, -0.25) is 0 Å². The number of benzene rings is 4. The number of rotatable bonds is 3. The Morgan fingerprint density at radius 1 is 0.516 bits per heavy atom. The van der Waals surface area contributed by atoms with E-state index >= 15 is 0 Å². The Bertz CT molecular complexity index is 1460. The predicted molar refractivity (Wildman–Crippen MR) is 126 cm³/mol. The fraction of sp³-hybridized carbons (Fsp3) is 0. The standard InChI is InChI=1S/C28H18N2O/c1-3-10-19(11-4-1)23-18-24(20-12-5-2-6-13-20)30-28(29-23)22-15-9-17-26-27(22)21-14-7-8-16-25(21)31-26/h1-18H. The molecule has 0 spiro atoms. The average molecular weight is 398 g/mol. The van der Waals surface area contributed by atoms with Gasteiger partial charge in [-0.15, -0.1) is 0 Å². The van der Waals surface area contributed by atoms with E-state index in [1.165, 1.54) is 0 Å². The van der Waals surface area contributed by atoms with E-state index in [2.05, 4.69) is 42.5 Å². The zero-order valence-electron chi connectivity index (χ0n) is 16.7. The molecular weight excluding hydrogens is 380 g/mol. The van der Waals surface area contributed by atoms with Crippen molar-refractivity contribution in [3.8, 4) is 33.9 Å². The normalized spacial score (nSPS) is 11.2. The van der Waals surface area contributed by atoms with Crippen molar-refractivity contribution < 1.29 is 4.42 Å². The molecule has 0 saturated heterocycles. The van der Waals surface area contributed by atoms with E-state index in [9.17, 15) is 0 Å². The van der Waals surface area contributed by atoms with E-state index in [0.29, 0.717) is 5.82 Å². The first-order valence-corrected chi connectivity index (χ1v) is 10.3. The minimum absolute atomic E-state index is 0.692. The van der Waals surface area contributed by atoms with Crippen LogP contribution in [0.15, 0.2) is 114 Å². The molecule has 0 N–H and O–H groups in total. The van der Waals surface area contributed by atoms with E-state index in [1.807, 2.05) is 66.7 Å². The molecule has 0 aliphatic rings. The van der Waals surface area contributed by atoms with Crippen molar-refractivity contribution in [2.24, 2.45) is 0 Å². The summed E-state index contributed by atoms with van der Waals surface area (Å²) in [5.41, 5.74) is 6.60. The number of nitrogens with zero attached hydrogens (tertiary/aromatic N) is 2. The molecule has 0 radical (unpaired) electrons. The Balaban J connectivity index is 1.66. The Morgan fingerprint density at radius 2 is 1.10 bits per heavy atom. The van der Waals surface area contributed by atoms with Crippen LogP contribution in [0.25, 0.3) is 55.8 Å². The lowest BCUT2D eigenvalue weighted by Gasteiger charge is -2.10. The Hall–Kier alpha value is -4.24. The van der Waals surface area contributed by atoms with Crippen molar-refractivity contribution >= 4 is 21.9 Å². The average Bonchev–Trinajstić information content (AvgIpc) is 3.24. The van der Waals surface area contributed by atoms with Gasteiger partial charge in [0.25, 0.3) is 0 Å². The number of fused-ring (bicyclic) bond motifs is 3. The smallest absolute Gasteiger partial charge is 0.161 e. The second-order valence-corrected chi connectivity index (χ2v) is 7.47. The maximum absolute atomic E-state index is 6.09. The molecule has 2 heterocycles. The van der Waals surface area contributed by atoms with Crippen LogP contribution in [0.3, 0.4) is 0 Å². The minimum atomic E-state index is 0.692. The first kappa shape index (κ1) is 17.6. The predicted octanol–water partition coefficient (Wildman–Crippen LogP) is 7.38. The SMILES string of the molecule is c1ccc(-c2cc(-c3ccccc3)nc(-c3cccc4oc5ccccc5c34)n2)cc1. The summed E-state index contributed by atoms with van der Waals surface area (Å²) in [6.45, 7) is 0. The molecule has 0 saturated carbocycles. The van der Waals surface area contributed by atoms with Gasteiger partial charge in [-0.25, -0.2) is 9.97 Å². The van der Waals surface area contributed by atoms with Gasteiger partial charge in [-0.2, -0.15) is 0 Å². The third-order valence-corrected chi connectivity index (χ3v) is 5.51. The maximum atomic E-state index is 6.09. The Morgan fingerprint density at radius 3 is 1.77 bits per heavy atom. The molecule has 31 heavy (non-hydrogen) atoms. The second kappa shape index (κ2) is 7.22. The molecule has 3 nitrogen and oxygen atoms in total. The maximum Gasteiger partial charge on any atom is 0.161 e. The molecule has 4 aromatic carbocycles. The van der Waals surface area contributed by atoms with Gasteiger partial charge >= 0.3 is 0 Å². The van der Waals surface area contributed by atoms with Crippen LogP contribution in [0.1, 0.15) is 0 Å². The van der Waals surface area contributed by atoms with Crippen molar-refractivity contribution in [1.29, 1.82) is 0 Å². The quantitative estimate of drug-likeness (QED) is 0.312. The highest BCUT2D eigenvalue weighted by Crippen LogP contribution is 2.36. The molecule has 146 valence electrons. The third-order valence-electron chi connectivity index (χ3n) is 5.51. The number of aromatic nitrogens is 2. The molecule has 6 rings (SSSR count). The number of para-hydroxylation sites is 1. The van der Waals surface area contributed by atoms with Gasteiger partial charge in [-0.1, -0.05) is 91.0 Å². The summed E-state index contributed by atoms with van der Waals surface area (Å²) in [5, 5.41) is 2.12. The number of hydrogen-bond acceptors (Lipinski definition) is 3. The summed E-state index contributed by atoms with van der Waals surface area (Å²) in [7, 11) is 0. The van der Waals surface area contributed by atoms with Crippen LogP contribution in [0.4, 0.5) is 0 Å². The highest BCUT2D eigenvalue weighted by Gasteiger charge is 2.16. The lowest BCUT2D eigenvalue weighted by atomic mass is 10.0. The number of hydrogen-bond donors (Lipinski definition) is 0. The summed E-state index contributed by atoms with van der Waals surface area (Å²) in [6, 6.07) is 36.7. The molecule has 0 aliphatic carbocycles. The van der Waals surface area contributed by atoms with Crippen molar-refractivity contribution in [1.82, 2.24) is 9.97 Å². The van der Waals surface area contributed by atoms with Crippen molar-refractivity contribution in [2.45, 2.75) is 0 Å². The highest BCUT2D eigenvalue weighted by atomic mass is 16.3. The van der Waals surface area contributed by atoms with E-state index in [4.69, 9.17) is 14.4 Å². The van der Waals surface area contributed by atoms with Gasteiger partial charge in [0.2, 0.25) is 0 Å². The van der Waals surface area contributed by atoms with Crippen LogP contribution < -0.4 is 0 Å². The molecule has 2 aromatic heterocycles. The number of furan rings is 1. The van der Waals surface area contributed by atoms with Gasteiger partial charge in [0.05, 0.1) is 11.4 Å². The Kier molecular flexibility index (Phi) is 4.10. The molecule has 0 bridgehead atoms. The first-order valence-electron chi connectivity index (χ1n) is 10.3. The van der Waals surface area contributed by atoms with E-state index in [0.717, 1.165) is 50.0 Å². The molecule has 0 amide bonds. The summed E-state index contributed by atoms with van der Waals surface area (Å²) in [5.74, 6) is 0.692. The lowest BCUT2D eigenvalue weighted by Crippen LogP contribution is -1.96. The van der Waals surface area contributed by atoms with Crippen LogP contribution in [0.5, 0.6) is 0 Å². The van der Waals surface area contributed by atoms with E-state index in [1.54, 1.807) is 0 Å². The summed E-state index contributed by atoms with van der Waals surface area (Å²) >= 11 is 0. The molecule has 0 aliphatic heterocycles. The zero-order valence-corrected chi connectivity index (χ0v) is 16.7. The second-order valence-electron chi connectivity index (χ2n) is 7.47.